The maximum Gasteiger partial charge on any atom is -0.000000533 e. The molecule has 14 aromatic carbocycles. The van der Waals surface area contributed by atoms with E-state index in [9.17, 15) is 0 Å². The number of rotatable bonds is 2. The molecule has 0 saturated heterocycles. The van der Waals surface area contributed by atoms with E-state index >= 15 is 0 Å². The summed E-state index contributed by atoms with van der Waals surface area (Å²) in [7, 11) is 0. The van der Waals surface area contributed by atoms with Gasteiger partial charge in [0.1, 0.15) is 0 Å². The van der Waals surface area contributed by atoms with Gasteiger partial charge in [0.15, 0.2) is 0 Å². The first-order chi connectivity index (χ1) is 36.4. The van der Waals surface area contributed by atoms with Gasteiger partial charge in [0.05, 0.1) is 0 Å². The van der Waals surface area contributed by atoms with Gasteiger partial charge in [0, 0.05) is 0 Å². The molecule has 0 heteroatoms. The highest BCUT2D eigenvalue weighted by molar-refractivity contribution is 6.52. The van der Waals surface area contributed by atoms with Crippen molar-refractivity contribution < 1.29 is 0 Å². The third kappa shape index (κ3) is 6.13. The van der Waals surface area contributed by atoms with E-state index in [1.165, 1.54) is 158 Å². The SMILES string of the molecule is CC#CC#CC#CC#CC#CC.CC(C)(C)c1ccc2c(c1)-c1ccc3c4ccc5c6c(ccc(c7ccc-2c1c73)c46)c1c(-c2ccccc2-c2ccccc2)c2cc3ccccc3c3c4ccccc4c(c51)c23. The Kier molecular flexibility index (Phi) is 9.55. The predicted octanol–water partition coefficient (Wildman–Crippen LogP) is 18.9. The maximum absolute atomic E-state index is 2.63. The molecule has 0 bridgehead atoms. The van der Waals surface area contributed by atoms with E-state index in [2.05, 4.69) is 256 Å². The van der Waals surface area contributed by atoms with Crippen LogP contribution < -0.4 is 0 Å². The van der Waals surface area contributed by atoms with Crippen LogP contribution in [-0.2, 0) is 5.41 Å². The first-order valence-corrected chi connectivity index (χ1v) is 25.4. The molecule has 0 spiro atoms. The Bertz CT molecular complexity index is 5010. The molecular weight excluding hydrogens is 889 g/mol. The van der Waals surface area contributed by atoms with Gasteiger partial charge in [-0.25, -0.2) is 0 Å². The summed E-state index contributed by atoms with van der Waals surface area (Å²) in [6.07, 6.45) is 0. The molecule has 1 aliphatic rings. The Morgan fingerprint density at radius 2 is 0.703 bits per heavy atom. The molecular formula is C74H44. The Morgan fingerprint density at radius 3 is 1.35 bits per heavy atom. The smallest absolute Gasteiger partial charge is 0.000000533 e. The molecule has 0 radical (unpaired) electrons. The zero-order valence-electron chi connectivity index (χ0n) is 41.7. The van der Waals surface area contributed by atoms with Gasteiger partial charge in [0.2, 0.25) is 0 Å². The summed E-state index contributed by atoms with van der Waals surface area (Å²) in [5, 5.41) is 27.1. The van der Waals surface area contributed by atoms with E-state index < -0.39 is 0 Å². The molecule has 0 aromatic heterocycles. The molecule has 0 amide bonds. The summed E-state index contributed by atoms with van der Waals surface area (Å²) >= 11 is 0. The van der Waals surface area contributed by atoms with Gasteiger partial charge in [-0.2, -0.15) is 0 Å². The summed E-state index contributed by atoms with van der Waals surface area (Å²) < 4.78 is 0. The summed E-state index contributed by atoms with van der Waals surface area (Å²) in [6.45, 7) is 10.4. The van der Waals surface area contributed by atoms with Gasteiger partial charge < -0.3 is 0 Å². The van der Waals surface area contributed by atoms with Crippen LogP contribution in [0.3, 0.4) is 0 Å². The Labute approximate surface area is 430 Å². The summed E-state index contributed by atoms with van der Waals surface area (Å²) in [5.41, 5.74) is 12.0. The topological polar surface area (TPSA) is 0 Å². The molecule has 14 aromatic rings. The average Bonchev–Trinajstić information content (AvgIpc) is 4.27. The largest absolute Gasteiger partial charge is 0.0925 e. The lowest BCUT2D eigenvalue weighted by molar-refractivity contribution is 0.590. The van der Waals surface area contributed by atoms with Gasteiger partial charge in [-0.1, -0.05) is 196 Å². The van der Waals surface area contributed by atoms with E-state index in [4.69, 9.17) is 0 Å². The molecule has 0 N–H and O–H groups in total. The monoisotopic (exact) mass is 932 g/mol. The molecule has 0 aliphatic heterocycles. The Hall–Kier alpha value is -9.74. The first-order valence-electron chi connectivity index (χ1n) is 25.4. The highest BCUT2D eigenvalue weighted by Gasteiger charge is 2.30. The van der Waals surface area contributed by atoms with Gasteiger partial charge >= 0.3 is 0 Å². The highest BCUT2D eigenvalue weighted by Crippen LogP contribution is 2.58. The van der Waals surface area contributed by atoms with Crippen LogP contribution in [0.1, 0.15) is 40.2 Å². The van der Waals surface area contributed by atoms with Crippen LogP contribution in [0.4, 0.5) is 0 Å². The van der Waals surface area contributed by atoms with E-state index in [-0.39, 0.29) is 5.41 Å². The Morgan fingerprint density at radius 1 is 0.270 bits per heavy atom. The van der Waals surface area contributed by atoms with Crippen LogP contribution in [0.15, 0.2) is 176 Å². The van der Waals surface area contributed by atoms with Crippen LogP contribution in [0.2, 0.25) is 0 Å². The molecule has 0 fully saturated rings. The standard InChI is InChI=1S/C62H38.C12H6/c1-62(2,3)35-21-22-38-42-23-24-43-45-27-29-48-57-49(30-28-46(55(45)57)44-25-26-47(50(38)32-35)53(42)54(43)44)60-58-41-20-12-11-19-40(41)52-37-17-8-7-15-34(37)31-51(61(52)58)56(59(48)60)39-18-10-9-16-36(39)33-13-5-4-6-14-33;1-3-5-7-9-11-12-10-8-6-4-2/h4-32H,1-3H3;1-2H3. The molecule has 74 heavy (non-hydrogen) atoms. The normalized spacial score (nSPS) is 11.6. The third-order valence-electron chi connectivity index (χ3n) is 15.7. The summed E-state index contributed by atoms with van der Waals surface area (Å²) in [4.78, 5) is 0. The van der Waals surface area contributed by atoms with E-state index in [1.54, 1.807) is 13.8 Å². The zero-order chi connectivity index (χ0) is 49.8. The molecule has 15 rings (SSSR count). The lowest BCUT2D eigenvalue weighted by atomic mass is 9.85. The van der Waals surface area contributed by atoms with Gasteiger partial charge in [-0.3, -0.25) is 0 Å². The second kappa shape index (κ2) is 16.4. The van der Waals surface area contributed by atoms with Gasteiger partial charge in [-0.05, 0) is 237 Å². The van der Waals surface area contributed by atoms with Crippen molar-refractivity contribution in [1.29, 1.82) is 0 Å². The second-order valence-corrected chi connectivity index (χ2v) is 20.5. The summed E-state index contributed by atoms with van der Waals surface area (Å²) in [6, 6.07) is 67.5. The number of hydrogen-bond donors (Lipinski definition) is 0. The number of benzene rings is 12. The van der Waals surface area contributed by atoms with Crippen molar-refractivity contribution in [1.82, 2.24) is 0 Å². The fourth-order valence-electron chi connectivity index (χ4n) is 12.7. The van der Waals surface area contributed by atoms with Crippen molar-refractivity contribution in [3.8, 4) is 104 Å². The fraction of sp³-hybridized carbons (Fsp3) is 0.0811. The molecule has 0 unspecified atom stereocenters. The van der Waals surface area contributed by atoms with E-state index in [1.807, 2.05) is 0 Å². The van der Waals surface area contributed by atoms with Crippen LogP contribution >= 0.6 is 0 Å². The van der Waals surface area contributed by atoms with Crippen LogP contribution in [0.5, 0.6) is 0 Å². The quantitative estimate of drug-likeness (QED) is 0.0920. The Balaban J connectivity index is 0.000000378. The average molecular weight is 933 g/mol. The molecule has 1 aliphatic carbocycles. The van der Waals surface area contributed by atoms with Crippen molar-refractivity contribution in [3.05, 3.63) is 181 Å². The fourth-order valence-corrected chi connectivity index (χ4v) is 12.7. The predicted molar refractivity (Wildman–Crippen MR) is 319 cm³/mol. The maximum atomic E-state index is 2.63. The van der Waals surface area contributed by atoms with Crippen LogP contribution in [0.25, 0.3) is 152 Å². The van der Waals surface area contributed by atoms with E-state index in [0.717, 1.165) is 0 Å². The van der Waals surface area contributed by atoms with Gasteiger partial charge in [-0.15, -0.1) is 0 Å². The van der Waals surface area contributed by atoms with Gasteiger partial charge in [0.25, 0.3) is 0 Å². The molecule has 0 nitrogen and oxygen atoms in total. The highest BCUT2D eigenvalue weighted by atomic mass is 14.3. The molecule has 0 heterocycles. The minimum atomic E-state index is 0.0825. The van der Waals surface area contributed by atoms with Crippen molar-refractivity contribution in [2.24, 2.45) is 0 Å². The van der Waals surface area contributed by atoms with Crippen LogP contribution in [0, 0.1) is 59.2 Å². The molecule has 0 saturated carbocycles. The third-order valence-corrected chi connectivity index (χ3v) is 15.7. The van der Waals surface area contributed by atoms with Crippen LogP contribution in [-0.4, -0.2) is 0 Å². The molecule has 340 valence electrons. The minimum absolute atomic E-state index is 0.0825. The van der Waals surface area contributed by atoms with Crippen molar-refractivity contribution in [3.63, 3.8) is 0 Å². The van der Waals surface area contributed by atoms with Crippen molar-refractivity contribution >= 4 is 108 Å². The lowest BCUT2D eigenvalue weighted by Crippen LogP contribution is -2.10. The number of hydrogen-bond acceptors (Lipinski definition) is 0. The first kappa shape index (κ1) is 43.1. The van der Waals surface area contributed by atoms with Crippen molar-refractivity contribution in [2.45, 2.75) is 40.0 Å². The zero-order valence-corrected chi connectivity index (χ0v) is 41.7. The van der Waals surface area contributed by atoms with E-state index in [0.29, 0.717) is 0 Å². The number of fused-ring (bicyclic) bond motifs is 14. The molecule has 0 atom stereocenters. The minimum Gasteiger partial charge on any atom is -0.0925 e. The lowest BCUT2D eigenvalue weighted by Gasteiger charge is -2.20. The summed E-state index contributed by atoms with van der Waals surface area (Å²) in [5.74, 6) is 25.6. The second-order valence-electron chi connectivity index (χ2n) is 20.5. The van der Waals surface area contributed by atoms with Crippen molar-refractivity contribution in [2.75, 3.05) is 0 Å².